The summed E-state index contributed by atoms with van der Waals surface area (Å²) in [7, 11) is 0. The zero-order valence-electron chi connectivity index (χ0n) is 19.3. The van der Waals surface area contributed by atoms with Crippen LogP contribution in [0.25, 0.3) is 0 Å². The smallest absolute Gasteiger partial charge is 0.253 e. The normalized spacial score (nSPS) is 13.6. The zero-order valence-corrected chi connectivity index (χ0v) is 19.3. The van der Waals surface area contributed by atoms with Gasteiger partial charge in [0.05, 0.1) is 12.2 Å². The van der Waals surface area contributed by atoms with Crippen molar-refractivity contribution in [1.82, 2.24) is 4.90 Å². The summed E-state index contributed by atoms with van der Waals surface area (Å²) in [6.45, 7) is 2.12. The number of likely N-dealkylation sites (tertiary alicyclic amines) is 1. The van der Waals surface area contributed by atoms with Gasteiger partial charge in [0.1, 0.15) is 12.4 Å². The van der Waals surface area contributed by atoms with Gasteiger partial charge in [0.25, 0.3) is 5.91 Å². The number of benzene rings is 3. The first-order chi connectivity index (χ1) is 16.7. The SMILES string of the molecule is O=C(CNc1cccc(C(=O)N2CCCCCC2)c1)Nc1ccccc1OCc1ccccc1. The summed E-state index contributed by atoms with van der Waals surface area (Å²) in [4.78, 5) is 27.4. The molecule has 1 saturated heterocycles. The van der Waals surface area contributed by atoms with Crippen LogP contribution in [0.3, 0.4) is 0 Å². The number of hydrogen-bond acceptors (Lipinski definition) is 4. The molecule has 1 aliphatic heterocycles. The largest absolute Gasteiger partial charge is 0.487 e. The molecule has 3 aromatic carbocycles. The Morgan fingerprint density at radius 1 is 0.824 bits per heavy atom. The van der Waals surface area contributed by atoms with Gasteiger partial charge in [0.2, 0.25) is 5.91 Å². The summed E-state index contributed by atoms with van der Waals surface area (Å²) in [5.74, 6) is 0.476. The molecule has 0 aliphatic carbocycles. The van der Waals surface area contributed by atoms with Crippen molar-refractivity contribution < 1.29 is 14.3 Å². The molecule has 3 aromatic rings. The Kier molecular flexibility index (Phi) is 8.17. The van der Waals surface area contributed by atoms with Crippen LogP contribution in [-0.2, 0) is 11.4 Å². The molecule has 0 spiro atoms. The molecular weight excluding hydrogens is 426 g/mol. The molecule has 0 saturated carbocycles. The highest BCUT2D eigenvalue weighted by Crippen LogP contribution is 2.25. The van der Waals surface area contributed by atoms with Gasteiger partial charge < -0.3 is 20.3 Å². The number of carbonyl (C=O) groups is 2. The summed E-state index contributed by atoms with van der Waals surface area (Å²) >= 11 is 0. The number of hydrogen-bond donors (Lipinski definition) is 2. The van der Waals surface area contributed by atoms with Crippen molar-refractivity contribution in [2.75, 3.05) is 30.3 Å². The molecule has 0 atom stereocenters. The average Bonchev–Trinajstić information content (AvgIpc) is 3.17. The van der Waals surface area contributed by atoms with Crippen LogP contribution < -0.4 is 15.4 Å². The van der Waals surface area contributed by atoms with Crippen LogP contribution in [0, 0.1) is 0 Å². The highest BCUT2D eigenvalue weighted by molar-refractivity contribution is 5.96. The number of rotatable bonds is 8. The van der Waals surface area contributed by atoms with Crippen molar-refractivity contribution in [3.63, 3.8) is 0 Å². The van der Waals surface area contributed by atoms with Crippen molar-refractivity contribution in [3.05, 3.63) is 90.0 Å². The van der Waals surface area contributed by atoms with Gasteiger partial charge in [-0.05, 0) is 48.7 Å². The minimum Gasteiger partial charge on any atom is -0.487 e. The van der Waals surface area contributed by atoms with E-state index in [0.717, 1.165) is 37.2 Å². The quantitative estimate of drug-likeness (QED) is 0.480. The molecule has 2 amide bonds. The summed E-state index contributed by atoms with van der Waals surface area (Å²) < 4.78 is 5.92. The molecule has 34 heavy (non-hydrogen) atoms. The second kappa shape index (κ2) is 11.9. The molecule has 176 valence electrons. The second-order valence-electron chi connectivity index (χ2n) is 8.46. The lowest BCUT2D eigenvalue weighted by atomic mass is 10.1. The van der Waals surface area contributed by atoms with Gasteiger partial charge in [0.15, 0.2) is 0 Å². The van der Waals surface area contributed by atoms with Crippen LogP contribution in [0.2, 0.25) is 0 Å². The van der Waals surface area contributed by atoms with E-state index < -0.39 is 0 Å². The number of nitrogens with zero attached hydrogens (tertiary/aromatic N) is 1. The summed E-state index contributed by atoms with van der Waals surface area (Å²) in [6.07, 6.45) is 4.47. The van der Waals surface area contributed by atoms with Crippen LogP contribution in [0.5, 0.6) is 5.75 Å². The molecule has 1 heterocycles. The van der Waals surface area contributed by atoms with Crippen molar-refractivity contribution in [2.24, 2.45) is 0 Å². The lowest BCUT2D eigenvalue weighted by Crippen LogP contribution is -2.31. The van der Waals surface area contributed by atoms with E-state index in [-0.39, 0.29) is 18.4 Å². The fourth-order valence-corrected chi connectivity index (χ4v) is 4.03. The molecule has 6 heteroatoms. The maximum atomic E-state index is 12.9. The molecule has 0 unspecified atom stereocenters. The average molecular weight is 458 g/mol. The number of amides is 2. The predicted octanol–water partition coefficient (Wildman–Crippen LogP) is 5.33. The Morgan fingerprint density at radius 3 is 2.35 bits per heavy atom. The minimum atomic E-state index is -0.194. The number of anilines is 2. The molecule has 0 radical (unpaired) electrons. The first-order valence-corrected chi connectivity index (χ1v) is 11.9. The molecule has 1 fully saturated rings. The molecule has 6 nitrogen and oxygen atoms in total. The Bertz CT molecular complexity index is 1090. The van der Waals surface area contributed by atoms with Gasteiger partial charge in [-0.3, -0.25) is 9.59 Å². The van der Waals surface area contributed by atoms with Gasteiger partial charge >= 0.3 is 0 Å². The summed E-state index contributed by atoms with van der Waals surface area (Å²) in [5, 5.41) is 6.04. The standard InChI is InChI=1S/C28H31N3O3/c32-27(30-25-15-6-7-16-26(25)34-21-22-11-4-3-5-12-22)20-29-24-14-10-13-23(19-24)28(33)31-17-8-1-2-9-18-31/h3-7,10-16,19,29H,1-2,8-9,17-18,20-21H2,(H,30,32). The Balaban J connectivity index is 1.32. The number of para-hydroxylation sites is 2. The molecule has 4 rings (SSSR count). The van der Waals surface area contributed by atoms with Crippen LogP contribution in [0.4, 0.5) is 11.4 Å². The van der Waals surface area contributed by atoms with Crippen molar-refractivity contribution in [1.29, 1.82) is 0 Å². The van der Waals surface area contributed by atoms with E-state index in [0.29, 0.717) is 23.6 Å². The zero-order chi connectivity index (χ0) is 23.6. The first kappa shape index (κ1) is 23.4. The van der Waals surface area contributed by atoms with E-state index in [1.165, 1.54) is 12.8 Å². The Morgan fingerprint density at radius 2 is 1.56 bits per heavy atom. The van der Waals surface area contributed by atoms with Crippen LogP contribution >= 0.6 is 0 Å². The topological polar surface area (TPSA) is 70.7 Å². The fraction of sp³-hybridized carbons (Fsp3) is 0.286. The Hall–Kier alpha value is -3.80. The molecule has 0 bridgehead atoms. The van der Waals surface area contributed by atoms with Crippen molar-refractivity contribution in [2.45, 2.75) is 32.3 Å². The fourth-order valence-electron chi connectivity index (χ4n) is 4.03. The lowest BCUT2D eigenvalue weighted by molar-refractivity contribution is -0.114. The Labute approximate surface area is 200 Å². The highest BCUT2D eigenvalue weighted by Gasteiger charge is 2.17. The number of ether oxygens (including phenoxy) is 1. The molecular formula is C28H31N3O3. The van der Waals surface area contributed by atoms with Crippen LogP contribution in [0.15, 0.2) is 78.9 Å². The van der Waals surface area contributed by atoms with Crippen LogP contribution in [0.1, 0.15) is 41.6 Å². The number of carbonyl (C=O) groups excluding carboxylic acids is 2. The van der Waals surface area contributed by atoms with Gasteiger partial charge in [-0.25, -0.2) is 0 Å². The third-order valence-corrected chi connectivity index (χ3v) is 5.85. The maximum Gasteiger partial charge on any atom is 0.253 e. The van der Waals surface area contributed by atoms with Crippen molar-refractivity contribution >= 4 is 23.2 Å². The van der Waals surface area contributed by atoms with Gasteiger partial charge in [-0.2, -0.15) is 0 Å². The van der Waals surface area contributed by atoms with Gasteiger partial charge in [0, 0.05) is 24.3 Å². The molecule has 1 aliphatic rings. The lowest BCUT2D eigenvalue weighted by Gasteiger charge is -2.20. The van der Waals surface area contributed by atoms with E-state index >= 15 is 0 Å². The molecule has 0 aromatic heterocycles. The monoisotopic (exact) mass is 457 g/mol. The highest BCUT2D eigenvalue weighted by atomic mass is 16.5. The van der Waals surface area contributed by atoms with E-state index in [9.17, 15) is 9.59 Å². The third-order valence-electron chi connectivity index (χ3n) is 5.85. The van der Waals surface area contributed by atoms with Gasteiger partial charge in [-0.1, -0.05) is 61.4 Å². The van der Waals surface area contributed by atoms with Gasteiger partial charge in [-0.15, -0.1) is 0 Å². The van der Waals surface area contributed by atoms with Crippen molar-refractivity contribution in [3.8, 4) is 5.75 Å². The molecule has 2 N–H and O–H groups in total. The first-order valence-electron chi connectivity index (χ1n) is 11.9. The van der Waals surface area contributed by atoms with E-state index in [4.69, 9.17) is 4.74 Å². The second-order valence-corrected chi connectivity index (χ2v) is 8.46. The van der Waals surface area contributed by atoms with E-state index in [2.05, 4.69) is 10.6 Å². The third kappa shape index (κ3) is 6.61. The predicted molar refractivity (Wildman–Crippen MR) is 135 cm³/mol. The summed E-state index contributed by atoms with van der Waals surface area (Å²) in [6, 6.07) is 24.6. The van der Waals surface area contributed by atoms with E-state index in [1.807, 2.05) is 83.8 Å². The summed E-state index contributed by atoms with van der Waals surface area (Å²) in [5.41, 5.74) is 3.06. The van der Waals surface area contributed by atoms with Crippen LogP contribution in [-0.4, -0.2) is 36.3 Å². The van der Waals surface area contributed by atoms with E-state index in [1.54, 1.807) is 0 Å². The minimum absolute atomic E-state index is 0.0551. The number of nitrogens with one attached hydrogen (secondary N) is 2. The maximum absolute atomic E-state index is 12.9.